The second-order valence-corrected chi connectivity index (χ2v) is 8.46. The zero-order valence-corrected chi connectivity index (χ0v) is 17.2. The second kappa shape index (κ2) is 8.54. The average molecular weight is 391 g/mol. The monoisotopic (exact) mass is 390 g/mol. The molecule has 0 saturated carbocycles. The van der Waals surface area contributed by atoms with Crippen molar-refractivity contribution < 1.29 is 17.9 Å². The van der Waals surface area contributed by atoms with E-state index in [2.05, 4.69) is 5.32 Å². The maximum atomic E-state index is 12.8. The van der Waals surface area contributed by atoms with Gasteiger partial charge in [0.1, 0.15) is 5.75 Å². The Labute approximate surface area is 161 Å². The number of hydrogen-bond donors (Lipinski definition) is 1. The Kier molecular flexibility index (Phi) is 6.62. The average Bonchev–Trinajstić information content (AvgIpc) is 2.60. The van der Waals surface area contributed by atoms with Crippen LogP contribution in [0.4, 0.5) is 5.69 Å². The van der Waals surface area contributed by atoms with Gasteiger partial charge in [-0.05, 0) is 68.7 Å². The van der Waals surface area contributed by atoms with E-state index in [0.29, 0.717) is 18.0 Å². The number of aryl methyl sites for hydroxylation is 2. The fourth-order valence-electron chi connectivity index (χ4n) is 2.64. The van der Waals surface area contributed by atoms with E-state index in [1.54, 1.807) is 25.1 Å². The van der Waals surface area contributed by atoms with Crippen molar-refractivity contribution in [3.8, 4) is 5.75 Å². The number of carbonyl (C=O) groups is 1. The number of amides is 1. The largest absolute Gasteiger partial charge is 0.494 e. The highest BCUT2D eigenvalue weighted by Gasteiger charge is 2.24. The molecule has 0 spiro atoms. The minimum absolute atomic E-state index is 0.130. The van der Waals surface area contributed by atoms with Crippen LogP contribution in [0.5, 0.6) is 5.75 Å². The lowest BCUT2D eigenvalue weighted by atomic mass is 10.1. The molecule has 1 N–H and O–H groups in total. The Morgan fingerprint density at radius 3 is 2.44 bits per heavy atom. The highest BCUT2D eigenvalue weighted by molar-refractivity contribution is 7.89. The van der Waals surface area contributed by atoms with E-state index in [1.807, 2.05) is 32.9 Å². The Morgan fingerprint density at radius 2 is 1.81 bits per heavy atom. The number of nitrogens with zero attached hydrogens (tertiary/aromatic N) is 1. The maximum absolute atomic E-state index is 12.8. The molecule has 0 aliphatic heterocycles. The van der Waals surface area contributed by atoms with Crippen molar-refractivity contribution in [2.75, 3.05) is 25.5 Å². The third kappa shape index (κ3) is 4.87. The lowest BCUT2D eigenvalue weighted by Gasteiger charge is -2.18. The summed E-state index contributed by atoms with van der Waals surface area (Å²) in [6.45, 7) is 7.75. The second-order valence-electron chi connectivity index (χ2n) is 6.42. The number of nitrogens with one attached hydrogen (secondary N) is 1. The predicted octanol–water partition coefficient (Wildman–Crippen LogP) is 3.27. The summed E-state index contributed by atoms with van der Waals surface area (Å²) in [7, 11) is -2.39. The third-order valence-corrected chi connectivity index (χ3v) is 6.20. The van der Waals surface area contributed by atoms with E-state index in [-0.39, 0.29) is 11.4 Å². The van der Waals surface area contributed by atoms with Crippen LogP contribution < -0.4 is 10.1 Å². The number of rotatable bonds is 7. The highest BCUT2D eigenvalue weighted by Crippen LogP contribution is 2.24. The number of hydrogen-bond acceptors (Lipinski definition) is 4. The topological polar surface area (TPSA) is 75.7 Å². The van der Waals surface area contributed by atoms with Crippen molar-refractivity contribution >= 4 is 21.6 Å². The molecule has 0 fully saturated rings. The van der Waals surface area contributed by atoms with Gasteiger partial charge in [-0.25, -0.2) is 8.42 Å². The van der Waals surface area contributed by atoms with Crippen LogP contribution in [0.25, 0.3) is 0 Å². The van der Waals surface area contributed by atoms with E-state index in [4.69, 9.17) is 4.74 Å². The van der Waals surface area contributed by atoms with Crippen LogP contribution in [0.15, 0.2) is 41.3 Å². The molecule has 1 amide bonds. The van der Waals surface area contributed by atoms with Crippen LogP contribution in [0, 0.1) is 20.8 Å². The van der Waals surface area contributed by atoms with Gasteiger partial charge in [0.25, 0.3) is 0 Å². The molecule has 27 heavy (non-hydrogen) atoms. The van der Waals surface area contributed by atoms with Gasteiger partial charge < -0.3 is 10.1 Å². The lowest BCUT2D eigenvalue weighted by molar-refractivity contribution is -0.116. The van der Waals surface area contributed by atoms with Crippen molar-refractivity contribution in [3.05, 3.63) is 53.1 Å². The van der Waals surface area contributed by atoms with Crippen LogP contribution in [-0.2, 0) is 14.8 Å². The molecule has 0 bridgehead atoms. The van der Waals surface area contributed by atoms with Gasteiger partial charge >= 0.3 is 0 Å². The van der Waals surface area contributed by atoms with E-state index in [1.165, 1.54) is 13.1 Å². The zero-order valence-electron chi connectivity index (χ0n) is 16.4. The quantitative estimate of drug-likeness (QED) is 0.787. The van der Waals surface area contributed by atoms with Gasteiger partial charge in [-0.1, -0.05) is 12.1 Å². The molecule has 0 aromatic heterocycles. The summed E-state index contributed by atoms with van der Waals surface area (Å²) in [6.07, 6.45) is 0. The number of ether oxygens (including phenoxy) is 1. The van der Waals surface area contributed by atoms with Crippen molar-refractivity contribution in [1.29, 1.82) is 0 Å². The van der Waals surface area contributed by atoms with Crippen molar-refractivity contribution in [1.82, 2.24) is 4.31 Å². The molecule has 146 valence electrons. The van der Waals surface area contributed by atoms with Crippen molar-refractivity contribution in [3.63, 3.8) is 0 Å². The molecule has 0 atom stereocenters. The summed E-state index contributed by atoms with van der Waals surface area (Å²) in [4.78, 5) is 12.5. The number of carbonyl (C=O) groups excluding carboxylic acids is 1. The first-order chi connectivity index (χ1) is 12.7. The molecule has 0 aliphatic rings. The molecular formula is C20H26N2O4S. The number of sulfonamides is 1. The first kappa shape index (κ1) is 20.9. The number of benzene rings is 2. The molecule has 2 rings (SSSR count). The predicted molar refractivity (Wildman–Crippen MR) is 107 cm³/mol. The summed E-state index contributed by atoms with van der Waals surface area (Å²) in [5, 5.41) is 2.78. The number of likely N-dealkylation sites (N-methyl/N-ethyl adjacent to an activating group) is 1. The molecule has 6 nitrogen and oxygen atoms in total. The summed E-state index contributed by atoms with van der Waals surface area (Å²) in [6, 6.07) is 10.3. The molecule has 0 aliphatic carbocycles. The molecule has 7 heteroatoms. The molecule has 0 radical (unpaired) electrons. The smallest absolute Gasteiger partial charge is 0.243 e. The van der Waals surface area contributed by atoms with Gasteiger partial charge in [0.2, 0.25) is 15.9 Å². The Balaban J connectivity index is 2.13. The van der Waals surface area contributed by atoms with Gasteiger partial charge in [-0.3, -0.25) is 4.79 Å². The van der Waals surface area contributed by atoms with Crippen LogP contribution in [0.2, 0.25) is 0 Å². The highest BCUT2D eigenvalue weighted by atomic mass is 32.2. The Bertz CT molecular complexity index is 939. The minimum atomic E-state index is -3.78. The zero-order chi connectivity index (χ0) is 20.2. The normalized spacial score (nSPS) is 11.5. The lowest BCUT2D eigenvalue weighted by Crippen LogP contribution is -2.35. The van der Waals surface area contributed by atoms with Crippen LogP contribution in [-0.4, -0.2) is 38.8 Å². The summed E-state index contributed by atoms with van der Waals surface area (Å²) in [5.41, 5.74) is 3.42. The first-order valence-corrected chi connectivity index (χ1v) is 10.2. The standard InChI is InChI=1S/C20H26N2O4S/c1-6-26-19-11-10-17(12-15(19)3)27(24,25)22(5)13-20(23)21-18-9-7-8-14(2)16(18)4/h7-12H,6,13H2,1-5H3,(H,21,23). The molecular weight excluding hydrogens is 364 g/mol. The molecule has 0 heterocycles. The minimum Gasteiger partial charge on any atom is -0.494 e. The summed E-state index contributed by atoms with van der Waals surface area (Å²) in [5.74, 6) is 0.254. The Hall–Kier alpha value is -2.38. The van der Waals surface area contributed by atoms with Crippen LogP contribution in [0.1, 0.15) is 23.6 Å². The molecule has 0 unspecified atom stereocenters. The van der Waals surface area contributed by atoms with E-state index in [0.717, 1.165) is 21.0 Å². The fourth-order valence-corrected chi connectivity index (χ4v) is 3.86. The van der Waals surface area contributed by atoms with Gasteiger partial charge in [0.05, 0.1) is 18.0 Å². The fraction of sp³-hybridized carbons (Fsp3) is 0.350. The third-order valence-electron chi connectivity index (χ3n) is 4.40. The van der Waals surface area contributed by atoms with Gasteiger partial charge in [0, 0.05) is 12.7 Å². The summed E-state index contributed by atoms with van der Waals surface area (Å²) < 4.78 is 32.0. The van der Waals surface area contributed by atoms with E-state index >= 15 is 0 Å². The van der Waals surface area contributed by atoms with E-state index in [9.17, 15) is 13.2 Å². The Morgan fingerprint density at radius 1 is 1.11 bits per heavy atom. The van der Waals surface area contributed by atoms with Crippen LogP contribution >= 0.6 is 0 Å². The SMILES string of the molecule is CCOc1ccc(S(=O)(=O)N(C)CC(=O)Nc2cccc(C)c2C)cc1C. The molecule has 0 saturated heterocycles. The van der Waals surface area contributed by atoms with Gasteiger partial charge in [-0.2, -0.15) is 4.31 Å². The van der Waals surface area contributed by atoms with Crippen LogP contribution in [0.3, 0.4) is 0 Å². The maximum Gasteiger partial charge on any atom is 0.243 e. The number of anilines is 1. The van der Waals surface area contributed by atoms with Crippen molar-refractivity contribution in [2.24, 2.45) is 0 Å². The van der Waals surface area contributed by atoms with Gasteiger partial charge in [0.15, 0.2) is 0 Å². The van der Waals surface area contributed by atoms with Crippen molar-refractivity contribution in [2.45, 2.75) is 32.6 Å². The van der Waals surface area contributed by atoms with Gasteiger partial charge in [-0.15, -0.1) is 0 Å². The first-order valence-electron chi connectivity index (χ1n) is 8.72. The van der Waals surface area contributed by atoms with E-state index < -0.39 is 15.9 Å². The molecule has 2 aromatic carbocycles. The summed E-state index contributed by atoms with van der Waals surface area (Å²) >= 11 is 0. The molecule has 2 aromatic rings.